The number of nitrogens with zero attached hydrogens (tertiary/aromatic N) is 2. The summed E-state index contributed by atoms with van der Waals surface area (Å²) in [6.45, 7) is 6.23. The standard InChI is InChI=1S/C12H20N2O2/c1-8(2)11-13-10(16-14-11)7-12(15)5-4-9(3)6-12/h8-9,15H,4-7H2,1-3H3. The molecule has 2 atom stereocenters. The van der Waals surface area contributed by atoms with Crippen LogP contribution >= 0.6 is 0 Å². The first kappa shape index (κ1) is 11.6. The third kappa shape index (κ3) is 2.43. The van der Waals surface area contributed by atoms with Gasteiger partial charge in [0.25, 0.3) is 0 Å². The molecule has 4 heteroatoms. The van der Waals surface area contributed by atoms with Crippen molar-refractivity contribution in [3.8, 4) is 0 Å². The molecule has 0 radical (unpaired) electrons. The molecule has 1 heterocycles. The molecule has 90 valence electrons. The highest BCUT2D eigenvalue weighted by Crippen LogP contribution is 2.36. The van der Waals surface area contributed by atoms with E-state index in [1.807, 2.05) is 13.8 Å². The first-order valence-corrected chi connectivity index (χ1v) is 6.03. The molecule has 0 aliphatic heterocycles. The normalized spacial score (nSPS) is 30.2. The van der Waals surface area contributed by atoms with E-state index < -0.39 is 5.60 Å². The molecule has 4 nitrogen and oxygen atoms in total. The quantitative estimate of drug-likeness (QED) is 0.855. The second-order valence-electron chi connectivity index (χ2n) is 5.45. The molecule has 1 fully saturated rings. The van der Waals surface area contributed by atoms with E-state index in [4.69, 9.17) is 4.52 Å². The van der Waals surface area contributed by atoms with Crippen LogP contribution in [0.25, 0.3) is 0 Å². The number of hydrogen-bond acceptors (Lipinski definition) is 4. The van der Waals surface area contributed by atoms with Crippen molar-refractivity contribution in [2.75, 3.05) is 0 Å². The van der Waals surface area contributed by atoms with Crippen molar-refractivity contribution in [2.45, 2.75) is 58.0 Å². The van der Waals surface area contributed by atoms with Gasteiger partial charge in [-0.3, -0.25) is 0 Å². The van der Waals surface area contributed by atoms with Crippen molar-refractivity contribution in [3.05, 3.63) is 11.7 Å². The van der Waals surface area contributed by atoms with Gasteiger partial charge in [0.1, 0.15) is 0 Å². The molecular weight excluding hydrogens is 204 g/mol. The highest BCUT2D eigenvalue weighted by Gasteiger charge is 2.37. The highest BCUT2D eigenvalue weighted by molar-refractivity contribution is 4.98. The molecule has 1 aromatic rings. The van der Waals surface area contributed by atoms with E-state index in [2.05, 4.69) is 17.1 Å². The van der Waals surface area contributed by atoms with Gasteiger partial charge in [-0.1, -0.05) is 25.9 Å². The maximum atomic E-state index is 10.3. The average Bonchev–Trinajstić information content (AvgIpc) is 2.74. The van der Waals surface area contributed by atoms with Gasteiger partial charge < -0.3 is 9.63 Å². The predicted octanol–water partition coefficient (Wildman–Crippen LogP) is 2.29. The summed E-state index contributed by atoms with van der Waals surface area (Å²) in [7, 11) is 0. The van der Waals surface area contributed by atoms with Gasteiger partial charge in [-0.2, -0.15) is 4.98 Å². The van der Waals surface area contributed by atoms with Crippen molar-refractivity contribution in [2.24, 2.45) is 5.92 Å². The number of aromatic nitrogens is 2. The average molecular weight is 224 g/mol. The topological polar surface area (TPSA) is 59.2 Å². The van der Waals surface area contributed by atoms with Crippen LogP contribution in [0.4, 0.5) is 0 Å². The molecular formula is C12H20N2O2. The smallest absolute Gasteiger partial charge is 0.229 e. The molecule has 0 bridgehead atoms. The van der Waals surface area contributed by atoms with E-state index in [1.165, 1.54) is 0 Å². The molecule has 0 saturated heterocycles. The Bertz CT molecular complexity index is 362. The van der Waals surface area contributed by atoms with Gasteiger partial charge in [-0.15, -0.1) is 0 Å². The van der Waals surface area contributed by atoms with Crippen molar-refractivity contribution in [1.82, 2.24) is 10.1 Å². The molecule has 0 spiro atoms. The zero-order chi connectivity index (χ0) is 11.8. The van der Waals surface area contributed by atoms with Crippen LogP contribution in [-0.4, -0.2) is 20.8 Å². The van der Waals surface area contributed by atoms with Crippen LogP contribution in [0.1, 0.15) is 57.7 Å². The van der Waals surface area contributed by atoms with Gasteiger partial charge >= 0.3 is 0 Å². The van der Waals surface area contributed by atoms with E-state index >= 15 is 0 Å². The lowest BCUT2D eigenvalue weighted by molar-refractivity contribution is 0.0368. The molecule has 1 aromatic heterocycles. The molecule has 1 aliphatic rings. The lowest BCUT2D eigenvalue weighted by Gasteiger charge is -2.19. The Balaban J connectivity index is 2.03. The largest absolute Gasteiger partial charge is 0.389 e. The van der Waals surface area contributed by atoms with E-state index in [1.54, 1.807) is 0 Å². The minimum atomic E-state index is -0.625. The van der Waals surface area contributed by atoms with Crippen LogP contribution in [0.5, 0.6) is 0 Å². The van der Waals surface area contributed by atoms with Gasteiger partial charge in [0.05, 0.1) is 12.0 Å². The highest BCUT2D eigenvalue weighted by atomic mass is 16.5. The molecule has 0 amide bonds. The van der Waals surface area contributed by atoms with Crippen LogP contribution < -0.4 is 0 Å². The maximum absolute atomic E-state index is 10.3. The molecule has 2 unspecified atom stereocenters. The van der Waals surface area contributed by atoms with Gasteiger partial charge in [-0.05, 0) is 25.2 Å². The molecule has 2 rings (SSSR count). The lowest BCUT2D eigenvalue weighted by atomic mass is 9.97. The summed E-state index contributed by atoms with van der Waals surface area (Å²) in [5, 5.41) is 14.2. The Hall–Kier alpha value is -0.900. The van der Waals surface area contributed by atoms with Crippen LogP contribution in [0, 0.1) is 5.92 Å². The van der Waals surface area contributed by atoms with E-state index in [0.29, 0.717) is 18.2 Å². The van der Waals surface area contributed by atoms with Crippen molar-refractivity contribution in [3.63, 3.8) is 0 Å². The fourth-order valence-corrected chi connectivity index (χ4v) is 2.38. The van der Waals surface area contributed by atoms with Crippen LogP contribution in [-0.2, 0) is 6.42 Å². The van der Waals surface area contributed by atoms with Crippen molar-refractivity contribution < 1.29 is 9.63 Å². The Morgan fingerprint density at radius 1 is 1.56 bits per heavy atom. The van der Waals surface area contributed by atoms with Crippen LogP contribution in [0.15, 0.2) is 4.52 Å². The Morgan fingerprint density at radius 2 is 2.31 bits per heavy atom. The zero-order valence-corrected chi connectivity index (χ0v) is 10.2. The van der Waals surface area contributed by atoms with Gasteiger partial charge in [0.2, 0.25) is 5.89 Å². The van der Waals surface area contributed by atoms with Gasteiger partial charge in [0, 0.05) is 5.92 Å². The first-order chi connectivity index (χ1) is 7.48. The third-order valence-electron chi connectivity index (χ3n) is 3.31. The fourth-order valence-electron chi connectivity index (χ4n) is 2.38. The SMILES string of the molecule is CC1CCC(O)(Cc2nc(C(C)C)no2)C1. The van der Waals surface area contributed by atoms with E-state index in [-0.39, 0.29) is 5.92 Å². The number of aliphatic hydroxyl groups is 1. The predicted molar refractivity (Wildman–Crippen MR) is 60.1 cm³/mol. The van der Waals surface area contributed by atoms with Crippen molar-refractivity contribution >= 4 is 0 Å². The Morgan fingerprint density at radius 3 is 2.81 bits per heavy atom. The second-order valence-corrected chi connectivity index (χ2v) is 5.45. The molecule has 16 heavy (non-hydrogen) atoms. The van der Waals surface area contributed by atoms with Crippen LogP contribution in [0.3, 0.4) is 0 Å². The lowest BCUT2D eigenvalue weighted by Crippen LogP contribution is -2.27. The summed E-state index contributed by atoms with van der Waals surface area (Å²) in [6.07, 6.45) is 3.26. The number of hydrogen-bond donors (Lipinski definition) is 1. The second kappa shape index (κ2) is 4.17. The summed E-state index contributed by atoms with van der Waals surface area (Å²) in [6, 6.07) is 0. The summed E-state index contributed by atoms with van der Waals surface area (Å²) in [5.41, 5.74) is -0.625. The summed E-state index contributed by atoms with van der Waals surface area (Å²) in [4.78, 5) is 4.31. The summed E-state index contributed by atoms with van der Waals surface area (Å²) >= 11 is 0. The third-order valence-corrected chi connectivity index (χ3v) is 3.31. The molecule has 1 saturated carbocycles. The summed E-state index contributed by atoms with van der Waals surface area (Å²) in [5.74, 6) is 2.16. The number of rotatable bonds is 3. The molecule has 0 aromatic carbocycles. The monoisotopic (exact) mass is 224 g/mol. The zero-order valence-electron chi connectivity index (χ0n) is 10.2. The first-order valence-electron chi connectivity index (χ1n) is 6.03. The molecule has 1 aliphatic carbocycles. The summed E-state index contributed by atoms with van der Waals surface area (Å²) < 4.78 is 5.17. The molecule has 1 N–H and O–H groups in total. The Kier molecular flexibility index (Phi) is 3.02. The van der Waals surface area contributed by atoms with Gasteiger partial charge in [-0.25, -0.2) is 0 Å². The fraction of sp³-hybridized carbons (Fsp3) is 0.833. The maximum Gasteiger partial charge on any atom is 0.229 e. The van der Waals surface area contributed by atoms with Crippen LogP contribution in [0.2, 0.25) is 0 Å². The minimum absolute atomic E-state index is 0.273. The van der Waals surface area contributed by atoms with Crippen molar-refractivity contribution in [1.29, 1.82) is 0 Å². The van der Waals surface area contributed by atoms with E-state index in [0.717, 1.165) is 25.1 Å². The minimum Gasteiger partial charge on any atom is -0.389 e. The van der Waals surface area contributed by atoms with Gasteiger partial charge in [0.15, 0.2) is 5.82 Å². The Labute approximate surface area is 96.1 Å². The van der Waals surface area contributed by atoms with E-state index in [9.17, 15) is 5.11 Å².